The Morgan fingerprint density at radius 2 is 1.79 bits per heavy atom. The third kappa shape index (κ3) is 6.92. The van der Waals surface area contributed by atoms with E-state index in [1.54, 1.807) is 4.90 Å². The first kappa shape index (κ1) is 24.5. The van der Waals surface area contributed by atoms with Crippen molar-refractivity contribution < 1.29 is 37.0 Å². The third-order valence-electron chi connectivity index (χ3n) is 5.31. The summed E-state index contributed by atoms with van der Waals surface area (Å²) in [6.45, 7) is 0.372. The van der Waals surface area contributed by atoms with E-state index in [1.807, 2.05) is 0 Å². The smallest absolute Gasteiger partial charge is 0.416 e. The summed E-state index contributed by atoms with van der Waals surface area (Å²) < 4.78 is 56.1. The first-order valence-electron chi connectivity index (χ1n) is 10.4. The van der Waals surface area contributed by atoms with Gasteiger partial charge in [0.25, 0.3) is 5.91 Å². The molecule has 1 aliphatic rings. The number of nitrogens with zero attached hydrogens (tertiary/aromatic N) is 1. The minimum absolute atomic E-state index is 0.109. The first-order valence-corrected chi connectivity index (χ1v) is 10.4. The molecule has 1 fully saturated rings. The zero-order valence-corrected chi connectivity index (χ0v) is 17.6. The van der Waals surface area contributed by atoms with Gasteiger partial charge in [0.2, 0.25) is 5.91 Å². The number of rotatable bonds is 7. The summed E-state index contributed by atoms with van der Waals surface area (Å²) in [7, 11) is 0. The Morgan fingerprint density at radius 1 is 1.12 bits per heavy atom. The molecule has 2 atom stereocenters. The molecule has 178 valence electrons. The molecular weight excluding hydrogens is 444 g/mol. The molecule has 0 radical (unpaired) electrons. The lowest BCUT2D eigenvalue weighted by atomic mass is 9.96. The molecule has 2 unspecified atom stereocenters. The number of ether oxygens (including phenoxy) is 1. The van der Waals surface area contributed by atoms with Crippen LogP contribution in [0.1, 0.15) is 28.8 Å². The predicted molar refractivity (Wildman–Crippen MR) is 111 cm³/mol. The SMILES string of the molecule is O=C(NCC(O)COc1ccc(C(F)(F)F)cc1)C1CCCN(C(=O)c2ccc(F)cc2)C1. The van der Waals surface area contributed by atoms with Gasteiger partial charge in [0.05, 0.1) is 11.5 Å². The number of amides is 2. The molecule has 10 heteroatoms. The third-order valence-corrected chi connectivity index (χ3v) is 5.31. The van der Waals surface area contributed by atoms with Gasteiger partial charge in [0.15, 0.2) is 0 Å². The van der Waals surface area contributed by atoms with Crippen LogP contribution >= 0.6 is 0 Å². The molecule has 33 heavy (non-hydrogen) atoms. The van der Waals surface area contributed by atoms with Gasteiger partial charge in [-0.2, -0.15) is 13.2 Å². The molecule has 2 amide bonds. The second-order valence-electron chi connectivity index (χ2n) is 7.83. The van der Waals surface area contributed by atoms with Gasteiger partial charge < -0.3 is 20.1 Å². The van der Waals surface area contributed by atoms with Gasteiger partial charge in [-0.25, -0.2) is 4.39 Å². The van der Waals surface area contributed by atoms with Gasteiger partial charge in [-0.3, -0.25) is 9.59 Å². The number of hydrogen-bond donors (Lipinski definition) is 2. The van der Waals surface area contributed by atoms with Crippen LogP contribution in [0.4, 0.5) is 17.6 Å². The Balaban J connectivity index is 1.43. The summed E-state index contributed by atoms with van der Waals surface area (Å²) >= 11 is 0. The number of aliphatic hydroxyl groups is 1. The monoisotopic (exact) mass is 468 g/mol. The van der Waals surface area contributed by atoms with E-state index in [0.717, 1.165) is 24.3 Å². The maximum Gasteiger partial charge on any atom is 0.416 e. The number of alkyl halides is 3. The van der Waals surface area contributed by atoms with Crippen LogP contribution in [0.5, 0.6) is 5.75 Å². The highest BCUT2D eigenvalue weighted by Gasteiger charge is 2.30. The molecule has 2 aromatic rings. The predicted octanol–water partition coefficient (Wildman–Crippen LogP) is 3.25. The van der Waals surface area contributed by atoms with Gasteiger partial charge in [0.1, 0.15) is 24.3 Å². The van der Waals surface area contributed by atoms with Gasteiger partial charge >= 0.3 is 6.18 Å². The summed E-state index contributed by atoms with van der Waals surface area (Å²) in [5.41, 5.74) is -0.463. The van der Waals surface area contributed by atoms with Gasteiger partial charge in [-0.05, 0) is 61.4 Å². The average molecular weight is 468 g/mol. The van der Waals surface area contributed by atoms with E-state index in [2.05, 4.69) is 5.32 Å². The van der Waals surface area contributed by atoms with Crippen molar-refractivity contribution in [1.82, 2.24) is 10.2 Å². The van der Waals surface area contributed by atoms with Crippen molar-refractivity contribution in [2.45, 2.75) is 25.1 Å². The first-order chi connectivity index (χ1) is 15.6. The van der Waals surface area contributed by atoms with Crippen molar-refractivity contribution in [2.75, 3.05) is 26.2 Å². The Bertz CT molecular complexity index is 948. The van der Waals surface area contributed by atoms with Crippen LogP contribution in [0.2, 0.25) is 0 Å². The largest absolute Gasteiger partial charge is 0.491 e. The molecule has 1 heterocycles. The Hall–Kier alpha value is -3.14. The fourth-order valence-corrected chi connectivity index (χ4v) is 3.50. The Morgan fingerprint density at radius 3 is 2.42 bits per heavy atom. The summed E-state index contributed by atoms with van der Waals surface area (Å²) in [5.74, 6) is -1.33. The molecular formula is C23H24F4N2O4. The lowest BCUT2D eigenvalue weighted by Crippen LogP contribution is -2.47. The van der Waals surface area contributed by atoms with Crippen molar-refractivity contribution in [1.29, 1.82) is 0 Å². The van der Waals surface area contributed by atoms with Gasteiger partial charge in [-0.1, -0.05) is 0 Å². The Labute approximate surface area is 188 Å². The molecule has 2 N–H and O–H groups in total. The van der Waals surface area contributed by atoms with E-state index in [9.17, 15) is 32.3 Å². The van der Waals surface area contributed by atoms with Crippen molar-refractivity contribution in [2.24, 2.45) is 5.92 Å². The van der Waals surface area contributed by atoms with Crippen LogP contribution < -0.4 is 10.1 Å². The topological polar surface area (TPSA) is 78.9 Å². The van der Waals surface area contributed by atoms with Crippen LogP contribution in [-0.4, -0.2) is 54.2 Å². The molecule has 0 aromatic heterocycles. The minimum Gasteiger partial charge on any atom is -0.491 e. The second-order valence-corrected chi connectivity index (χ2v) is 7.83. The number of benzene rings is 2. The van der Waals surface area contributed by atoms with Crippen molar-refractivity contribution in [3.05, 3.63) is 65.5 Å². The highest BCUT2D eigenvalue weighted by atomic mass is 19.4. The zero-order valence-electron chi connectivity index (χ0n) is 17.6. The molecule has 0 spiro atoms. The van der Waals surface area contributed by atoms with E-state index in [-0.39, 0.29) is 37.3 Å². The van der Waals surface area contributed by atoms with E-state index in [1.165, 1.54) is 24.3 Å². The fourth-order valence-electron chi connectivity index (χ4n) is 3.50. The quantitative estimate of drug-likeness (QED) is 0.612. The van der Waals surface area contributed by atoms with Crippen LogP contribution in [-0.2, 0) is 11.0 Å². The van der Waals surface area contributed by atoms with Crippen LogP contribution in [0, 0.1) is 11.7 Å². The van der Waals surface area contributed by atoms with Gasteiger partial charge in [-0.15, -0.1) is 0 Å². The normalized spacial score (nSPS) is 17.4. The Kier molecular flexibility index (Phi) is 7.91. The number of carbonyl (C=O) groups is 2. The molecule has 0 aliphatic carbocycles. The van der Waals surface area contributed by atoms with E-state index < -0.39 is 29.6 Å². The van der Waals surface area contributed by atoms with E-state index in [4.69, 9.17) is 4.74 Å². The van der Waals surface area contributed by atoms with Crippen LogP contribution in [0.25, 0.3) is 0 Å². The summed E-state index contributed by atoms with van der Waals surface area (Å²) in [6.07, 6.45) is -4.31. The van der Waals surface area contributed by atoms with E-state index >= 15 is 0 Å². The molecule has 3 rings (SSSR count). The van der Waals surface area contributed by atoms with Crippen LogP contribution in [0.15, 0.2) is 48.5 Å². The van der Waals surface area contributed by atoms with Crippen molar-refractivity contribution in [3.63, 3.8) is 0 Å². The number of piperidine rings is 1. The van der Waals surface area contributed by atoms with Crippen molar-refractivity contribution >= 4 is 11.8 Å². The lowest BCUT2D eigenvalue weighted by Gasteiger charge is -2.32. The number of aliphatic hydroxyl groups excluding tert-OH is 1. The summed E-state index contributed by atoms with van der Waals surface area (Å²) in [6, 6.07) is 9.27. The highest BCUT2D eigenvalue weighted by Crippen LogP contribution is 2.30. The number of hydrogen-bond acceptors (Lipinski definition) is 4. The van der Waals surface area contributed by atoms with Crippen molar-refractivity contribution in [3.8, 4) is 5.75 Å². The zero-order chi connectivity index (χ0) is 24.0. The number of likely N-dealkylation sites (tertiary alicyclic amines) is 1. The summed E-state index contributed by atoms with van der Waals surface area (Å²) in [5, 5.41) is 12.7. The molecule has 6 nitrogen and oxygen atoms in total. The molecule has 1 saturated heterocycles. The lowest BCUT2D eigenvalue weighted by molar-refractivity contribution is -0.137. The molecule has 2 aromatic carbocycles. The second kappa shape index (κ2) is 10.7. The minimum atomic E-state index is -4.44. The maximum atomic E-state index is 13.1. The van der Waals surface area contributed by atoms with Gasteiger partial charge in [0, 0.05) is 25.2 Å². The summed E-state index contributed by atoms with van der Waals surface area (Å²) in [4.78, 5) is 26.6. The van der Waals surface area contributed by atoms with Crippen LogP contribution in [0.3, 0.4) is 0 Å². The number of nitrogens with one attached hydrogen (secondary N) is 1. The van der Waals surface area contributed by atoms with E-state index in [0.29, 0.717) is 24.9 Å². The molecule has 0 saturated carbocycles. The average Bonchev–Trinajstić information content (AvgIpc) is 2.81. The fraction of sp³-hybridized carbons (Fsp3) is 0.391. The molecule has 0 bridgehead atoms. The highest BCUT2D eigenvalue weighted by molar-refractivity contribution is 5.94. The molecule has 1 aliphatic heterocycles. The number of carbonyl (C=O) groups excluding carboxylic acids is 2. The maximum absolute atomic E-state index is 13.1. The standard InChI is InChI=1S/C23H24F4N2O4/c24-18-7-3-15(4-8-18)22(32)29-11-1-2-16(13-29)21(31)28-12-19(30)14-33-20-9-5-17(6-10-20)23(25,26)27/h3-10,16,19,30H,1-2,11-14H2,(H,28,31). The number of halogens is 4.